The molecule has 0 unspecified atom stereocenters. The number of rotatable bonds is 10. The van der Waals surface area contributed by atoms with Crippen molar-refractivity contribution in [2.75, 3.05) is 33.2 Å². The Bertz CT molecular complexity index is 506. The summed E-state index contributed by atoms with van der Waals surface area (Å²) in [7, 11) is 1.77. The maximum absolute atomic E-state index is 11.8. The van der Waals surface area contributed by atoms with Gasteiger partial charge in [0, 0.05) is 45.3 Å². The fraction of sp³-hybridized carbons (Fsp3) is 0.667. The van der Waals surface area contributed by atoms with Gasteiger partial charge in [-0.2, -0.15) is 0 Å². The molecule has 0 spiro atoms. The second kappa shape index (κ2) is 11.9. The van der Waals surface area contributed by atoms with Gasteiger partial charge < -0.3 is 16.0 Å². The predicted octanol–water partition coefficient (Wildman–Crippen LogP) is 2.15. The average molecular weight is 368 g/mol. The van der Waals surface area contributed by atoms with Crippen molar-refractivity contribution < 1.29 is 4.79 Å². The van der Waals surface area contributed by atoms with Crippen LogP contribution in [-0.4, -0.2) is 62.1 Å². The molecular weight excluding hydrogens is 334 g/mol. The van der Waals surface area contributed by atoms with Crippen LogP contribution in [0.3, 0.4) is 0 Å². The third-order valence-corrected chi connectivity index (χ3v) is 4.76. The van der Waals surface area contributed by atoms with E-state index in [-0.39, 0.29) is 5.91 Å². The van der Waals surface area contributed by atoms with Gasteiger partial charge in [-0.15, -0.1) is 11.3 Å². The van der Waals surface area contributed by atoms with E-state index >= 15 is 0 Å². The monoisotopic (exact) mass is 367 g/mol. The van der Waals surface area contributed by atoms with Crippen LogP contribution in [0.25, 0.3) is 0 Å². The molecule has 142 valence electrons. The normalized spacial score (nSPS) is 12.1. The van der Waals surface area contributed by atoms with Crippen molar-refractivity contribution in [3.63, 3.8) is 0 Å². The van der Waals surface area contributed by atoms with E-state index in [1.807, 2.05) is 17.5 Å². The molecule has 0 aromatic carbocycles. The summed E-state index contributed by atoms with van der Waals surface area (Å²) < 4.78 is 0. The molecule has 1 rings (SSSR count). The molecule has 0 radical (unpaired) electrons. The first-order valence-corrected chi connectivity index (χ1v) is 9.85. The molecule has 0 saturated heterocycles. The van der Waals surface area contributed by atoms with Crippen LogP contribution in [0.2, 0.25) is 0 Å². The van der Waals surface area contributed by atoms with E-state index in [1.54, 1.807) is 7.05 Å². The average Bonchev–Trinajstić information content (AvgIpc) is 3.10. The van der Waals surface area contributed by atoms with Crippen LogP contribution in [0.5, 0.6) is 0 Å². The molecular formula is C18H33N5OS. The van der Waals surface area contributed by atoms with Gasteiger partial charge in [0.25, 0.3) is 5.91 Å². The zero-order valence-corrected chi connectivity index (χ0v) is 16.9. The molecule has 0 aliphatic carbocycles. The predicted molar refractivity (Wildman–Crippen MR) is 108 cm³/mol. The maximum atomic E-state index is 11.8. The Hall–Kier alpha value is -1.60. The molecule has 0 aliphatic rings. The van der Waals surface area contributed by atoms with Crippen molar-refractivity contribution in [1.82, 2.24) is 20.9 Å². The molecule has 1 aromatic rings. The Balaban J connectivity index is 2.16. The van der Waals surface area contributed by atoms with Crippen molar-refractivity contribution in [2.45, 2.75) is 46.2 Å². The Labute approximate surface area is 156 Å². The number of aliphatic imine (C=N–C) groups is 1. The molecule has 1 amide bonds. The zero-order chi connectivity index (χ0) is 18.7. The van der Waals surface area contributed by atoms with Crippen LogP contribution in [0.4, 0.5) is 0 Å². The van der Waals surface area contributed by atoms with Gasteiger partial charge in [0.2, 0.25) is 0 Å². The smallest absolute Gasteiger partial charge is 0.261 e. The van der Waals surface area contributed by atoms with Crippen molar-refractivity contribution in [2.24, 2.45) is 4.99 Å². The van der Waals surface area contributed by atoms with Crippen LogP contribution in [-0.2, 0) is 0 Å². The number of hydrogen-bond donors (Lipinski definition) is 3. The quantitative estimate of drug-likeness (QED) is 0.337. The minimum Gasteiger partial charge on any atom is -0.356 e. The van der Waals surface area contributed by atoms with Crippen molar-refractivity contribution in [3.8, 4) is 0 Å². The first-order valence-electron chi connectivity index (χ1n) is 8.97. The van der Waals surface area contributed by atoms with Gasteiger partial charge in [0.1, 0.15) is 0 Å². The first kappa shape index (κ1) is 21.4. The molecule has 1 heterocycles. The van der Waals surface area contributed by atoms with Crippen molar-refractivity contribution >= 4 is 23.2 Å². The van der Waals surface area contributed by atoms with E-state index in [4.69, 9.17) is 0 Å². The highest BCUT2D eigenvalue weighted by atomic mass is 32.1. The van der Waals surface area contributed by atoms with Gasteiger partial charge >= 0.3 is 0 Å². The van der Waals surface area contributed by atoms with E-state index in [9.17, 15) is 4.79 Å². The summed E-state index contributed by atoms with van der Waals surface area (Å²) in [5, 5.41) is 11.5. The minimum atomic E-state index is -0.0000284. The van der Waals surface area contributed by atoms with Crippen LogP contribution >= 0.6 is 11.3 Å². The summed E-state index contributed by atoms with van der Waals surface area (Å²) in [5.41, 5.74) is 0. The van der Waals surface area contributed by atoms with E-state index < -0.39 is 0 Å². The van der Waals surface area contributed by atoms with Crippen molar-refractivity contribution in [3.05, 3.63) is 22.4 Å². The van der Waals surface area contributed by atoms with Crippen LogP contribution in [0.15, 0.2) is 22.5 Å². The van der Waals surface area contributed by atoms with Crippen molar-refractivity contribution in [1.29, 1.82) is 0 Å². The van der Waals surface area contributed by atoms with Gasteiger partial charge in [-0.3, -0.25) is 14.7 Å². The third kappa shape index (κ3) is 8.36. The molecule has 0 fully saturated rings. The van der Waals surface area contributed by atoms with Crippen LogP contribution in [0, 0.1) is 0 Å². The summed E-state index contributed by atoms with van der Waals surface area (Å²) in [6.07, 6.45) is 0.849. The molecule has 6 nitrogen and oxygen atoms in total. The Morgan fingerprint density at radius 3 is 2.32 bits per heavy atom. The first-order chi connectivity index (χ1) is 12.0. The minimum absolute atomic E-state index is 0.0000284. The van der Waals surface area contributed by atoms with Gasteiger partial charge in [-0.1, -0.05) is 6.07 Å². The number of nitrogens with one attached hydrogen (secondary N) is 3. The Morgan fingerprint density at radius 1 is 1.12 bits per heavy atom. The van der Waals surface area contributed by atoms with Gasteiger partial charge in [-0.05, 0) is 45.6 Å². The zero-order valence-electron chi connectivity index (χ0n) is 16.1. The summed E-state index contributed by atoms with van der Waals surface area (Å²) >= 11 is 1.46. The molecule has 25 heavy (non-hydrogen) atoms. The second-order valence-corrected chi connectivity index (χ2v) is 7.39. The summed E-state index contributed by atoms with van der Waals surface area (Å²) in [4.78, 5) is 19.3. The lowest BCUT2D eigenvalue weighted by atomic mass is 10.2. The van der Waals surface area contributed by atoms with Crippen LogP contribution < -0.4 is 16.0 Å². The number of hydrogen-bond acceptors (Lipinski definition) is 4. The number of thiophene rings is 1. The molecule has 7 heteroatoms. The lowest BCUT2D eigenvalue weighted by Crippen LogP contribution is -2.45. The molecule has 0 bridgehead atoms. The summed E-state index contributed by atoms with van der Waals surface area (Å²) in [6.45, 7) is 12.1. The topological polar surface area (TPSA) is 68.8 Å². The fourth-order valence-corrected chi connectivity index (χ4v) is 3.27. The highest BCUT2D eigenvalue weighted by Gasteiger charge is 2.12. The molecule has 1 aromatic heterocycles. The SMILES string of the molecule is CN=C(NCCCNC(=O)c1cccs1)NCCN(C(C)C)C(C)C. The van der Waals surface area contributed by atoms with E-state index in [2.05, 4.69) is 53.5 Å². The van der Waals surface area contributed by atoms with Gasteiger partial charge in [-0.25, -0.2) is 0 Å². The van der Waals surface area contributed by atoms with Crippen LogP contribution in [0.1, 0.15) is 43.8 Å². The molecule has 3 N–H and O–H groups in total. The maximum Gasteiger partial charge on any atom is 0.261 e. The van der Waals surface area contributed by atoms with Gasteiger partial charge in [0.05, 0.1) is 4.88 Å². The molecule has 0 saturated carbocycles. The standard InChI is InChI=1S/C18H33N5OS/c1-14(2)23(15(3)4)12-11-22-18(19-5)21-10-7-9-20-17(24)16-8-6-13-25-16/h6,8,13-15H,7,9-12H2,1-5H3,(H,20,24)(H2,19,21,22). The Kier molecular flexibility index (Phi) is 10.2. The second-order valence-electron chi connectivity index (χ2n) is 6.44. The van der Waals surface area contributed by atoms with E-state index in [1.165, 1.54) is 11.3 Å². The highest BCUT2D eigenvalue weighted by molar-refractivity contribution is 7.12. The number of guanidine groups is 1. The summed E-state index contributed by atoms with van der Waals surface area (Å²) in [5.74, 6) is 0.803. The Morgan fingerprint density at radius 2 is 1.76 bits per heavy atom. The largest absolute Gasteiger partial charge is 0.356 e. The van der Waals surface area contributed by atoms with E-state index in [0.29, 0.717) is 18.6 Å². The van der Waals surface area contributed by atoms with E-state index in [0.717, 1.165) is 36.9 Å². The highest BCUT2D eigenvalue weighted by Crippen LogP contribution is 2.07. The lowest BCUT2D eigenvalue weighted by molar-refractivity contribution is 0.0957. The molecule has 0 atom stereocenters. The molecule has 0 aliphatic heterocycles. The van der Waals surface area contributed by atoms with Gasteiger partial charge in [0.15, 0.2) is 5.96 Å². The number of amides is 1. The number of carbonyl (C=O) groups excluding carboxylic acids is 1. The fourth-order valence-electron chi connectivity index (χ4n) is 2.63. The summed E-state index contributed by atoms with van der Waals surface area (Å²) in [6, 6.07) is 4.78. The number of nitrogens with zero attached hydrogens (tertiary/aromatic N) is 2. The lowest BCUT2D eigenvalue weighted by Gasteiger charge is -2.30. The third-order valence-electron chi connectivity index (χ3n) is 3.89. The number of carbonyl (C=O) groups is 1.